The first-order chi connectivity index (χ1) is 9.53. The second-order valence-electron chi connectivity index (χ2n) is 2.56. The largest absolute Gasteiger partial charge is 0.693 e. The predicted octanol–water partition coefficient (Wildman–Crippen LogP) is 4.12. The molecule has 0 spiro atoms. The second-order valence-corrected chi connectivity index (χ2v) is 5.84. The van der Waals surface area contributed by atoms with Gasteiger partial charge in [-0.2, -0.15) is 0 Å². The average molecular weight is 537 g/mol. The molecule has 4 N–H and O–H groups in total. The first-order valence-corrected chi connectivity index (χ1v) is 10.1. The third-order valence-corrected chi connectivity index (χ3v) is 1.65. The maximum Gasteiger partial charge on any atom is -0.693 e. The van der Waals surface area contributed by atoms with Crippen LogP contribution in [0.1, 0.15) is 20.7 Å². The van der Waals surface area contributed by atoms with Crippen LogP contribution in [-0.4, -0.2) is 26.2 Å². The van der Waals surface area contributed by atoms with Gasteiger partial charge in [-0.05, 0) is 5.56 Å². The van der Waals surface area contributed by atoms with Crippen molar-refractivity contribution in [1.29, 1.82) is 0 Å². The molecule has 12 heteroatoms. The molecule has 0 aliphatic carbocycles. The van der Waals surface area contributed by atoms with Gasteiger partial charge in [0.1, 0.15) is 0 Å². The van der Waals surface area contributed by atoms with E-state index in [0.29, 0.717) is 0 Å². The van der Waals surface area contributed by atoms with Crippen molar-refractivity contribution in [2.75, 3.05) is 14.2 Å². The number of halogens is 2. The van der Waals surface area contributed by atoms with Gasteiger partial charge >= 0.3 is 35.3 Å². The SMILES string of the molecule is COC(=O)c1[c-]cccc1C(=O)OC.O=N[O-].[Cl][Pt][Cl].[NH2-].[NH2-]. The van der Waals surface area contributed by atoms with Crippen molar-refractivity contribution in [3.8, 4) is 0 Å². The van der Waals surface area contributed by atoms with Gasteiger partial charge in [-0.15, -0.1) is 29.6 Å². The Bertz CT molecular complexity index is 404. The van der Waals surface area contributed by atoms with Crippen LogP contribution in [0.2, 0.25) is 0 Å². The molecule has 1 rings (SSSR count). The molecule has 9 nitrogen and oxygen atoms in total. The molecule has 0 bridgehead atoms. The fraction of sp³-hybridized carbons (Fsp3) is 0.200. The third-order valence-electron chi connectivity index (χ3n) is 1.65. The summed E-state index contributed by atoms with van der Waals surface area (Å²) in [6.07, 6.45) is 0. The van der Waals surface area contributed by atoms with Gasteiger partial charge in [-0.1, -0.05) is 5.56 Å². The minimum absolute atomic E-state index is 0. The van der Waals surface area contributed by atoms with E-state index in [9.17, 15) is 9.59 Å². The van der Waals surface area contributed by atoms with Crippen LogP contribution >= 0.6 is 18.8 Å². The fourth-order valence-corrected chi connectivity index (χ4v) is 0.988. The maximum atomic E-state index is 11.2. The summed E-state index contributed by atoms with van der Waals surface area (Å²) in [5, 5.41) is 9.00. The maximum absolute atomic E-state index is 11.2. The molecule has 22 heavy (non-hydrogen) atoms. The Morgan fingerprint density at radius 1 is 1.23 bits per heavy atom. The van der Waals surface area contributed by atoms with E-state index in [1.54, 1.807) is 6.07 Å². The van der Waals surface area contributed by atoms with Gasteiger partial charge in [0.2, 0.25) is 0 Å². The summed E-state index contributed by atoms with van der Waals surface area (Å²) in [6, 6.07) is 7.23. The molecular formula is C10H13Cl2N3O6Pt-4. The number of nitrogens with zero attached hydrogens (tertiary/aromatic N) is 1. The molecule has 0 unspecified atom stereocenters. The van der Waals surface area contributed by atoms with Gasteiger partial charge in [0, 0.05) is 0 Å². The zero-order valence-corrected chi connectivity index (χ0v) is 15.1. The number of esters is 2. The number of rotatable bonds is 2. The summed E-state index contributed by atoms with van der Waals surface area (Å²) in [6.45, 7) is 0. The molecule has 0 saturated heterocycles. The molecule has 0 heterocycles. The van der Waals surface area contributed by atoms with Crippen LogP contribution in [0.25, 0.3) is 12.3 Å². The first kappa shape index (κ1) is 28.8. The van der Waals surface area contributed by atoms with E-state index in [2.05, 4.69) is 15.5 Å². The molecule has 0 saturated carbocycles. The fourth-order valence-electron chi connectivity index (χ4n) is 0.988. The molecule has 0 amide bonds. The molecule has 132 valence electrons. The molecule has 0 fully saturated rings. The van der Waals surface area contributed by atoms with Crippen LogP contribution in [0.15, 0.2) is 23.5 Å². The van der Waals surface area contributed by atoms with E-state index in [4.69, 9.17) is 29.0 Å². The average Bonchev–Trinajstić information content (AvgIpc) is 2.47. The molecule has 0 aliphatic rings. The third kappa shape index (κ3) is 12.5. The summed E-state index contributed by atoms with van der Waals surface area (Å²) in [5.41, 5.74) is 0.240. The van der Waals surface area contributed by atoms with Gasteiger partial charge in [0.25, 0.3) is 11.9 Å². The molecule has 0 aromatic heterocycles. The Morgan fingerprint density at radius 2 is 1.64 bits per heavy atom. The van der Waals surface area contributed by atoms with Crippen molar-refractivity contribution in [2.24, 2.45) is 5.34 Å². The van der Waals surface area contributed by atoms with Crippen LogP contribution in [0.5, 0.6) is 0 Å². The molecule has 0 radical (unpaired) electrons. The van der Waals surface area contributed by atoms with E-state index in [-0.39, 0.29) is 23.4 Å². The zero-order chi connectivity index (χ0) is 16.0. The number of benzene rings is 1. The molecular weight excluding hydrogens is 524 g/mol. The predicted molar refractivity (Wildman–Crippen MR) is 79.4 cm³/mol. The van der Waals surface area contributed by atoms with E-state index >= 15 is 0 Å². The smallest absolute Gasteiger partial charge is 0.693 e. The minimum Gasteiger partial charge on any atom is -0.693 e. The van der Waals surface area contributed by atoms with Crippen molar-refractivity contribution < 1.29 is 35.5 Å². The Morgan fingerprint density at radius 3 is 2.00 bits per heavy atom. The normalized spacial score (nSPS) is 7.45. The topological polar surface area (TPSA) is 172 Å². The summed E-state index contributed by atoms with van der Waals surface area (Å²) in [4.78, 5) is 30.4. The van der Waals surface area contributed by atoms with Gasteiger partial charge < -0.3 is 36.7 Å². The van der Waals surface area contributed by atoms with Crippen molar-refractivity contribution >= 4 is 30.8 Å². The molecule has 0 aliphatic heterocycles. The van der Waals surface area contributed by atoms with Crippen molar-refractivity contribution in [3.63, 3.8) is 0 Å². The number of carbonyl (C=O) groups is 2. The summed E-state index contributed by atoms with van der Waals surface area (Å²) < 4.78 is 9.00. The number of hydrogen-bond donors (Lipinski definition) is 0. The number of methoxy groups -OCH3 is 2. The first-order valence-electron chi connectivity index (χ1n) is 4.48. The summed E-state index contributed by atoms with van der Waals surface area (Å²) in [5.74, 6) is -1.19. The Balaban J connectivity index is -0.000000176. The monoisotopic (exact) mass is 536 g/mol. The molecule has 1 aromatic carbocycles. The van der Waals surface area contributed by atoms with E-state index < -0.39 is 28.4 Å². The Labute approximate surface area is 143 Å². The summed E-state index contributed by atoms with van der Waals surface area (Å²) in [7, 11) is 12.2. The molecule has 1 aromatic rings. The van der Waals surface area contributed by atoms with Crippen molar-refractivity contribution in [1.82, 2.24) is 0 Å². The van der Waals surface area contributed by atoms with Crippen LogP contribution in [0.4, 0.5) is 0 Å². The van der Waals surface area contributed by atoms with Crippen LogP contribution in [0.3, 0.4) is 0 Å². The van der Waals surface area contributed by atoms with Crippen LogP contribution in [-0.2, 0) is 26.0 Å². The van der Waals surface area contributed by atoms with Crippen molar-refractivity contribution in [2.45, 2.75) is 0 Å². The number of hydrogen-bond acceptors (Lipinski definition) is 7. The van der Waals surface area contributed by atoms with Gasteiger partial charge in [0.05, 0.1) is 14.2 Å². The standard InChI is InChI=1S/C10H9O4.2ClH.HNO2.2H2N.Pt/c1-13-9(11)7-5-3-4-6-8(7)10(12)14-2;;;2-1-3;;;/h3-5H,1-2H3;2*1H;(H,2,3);2*1H2;/q-1;;;;2*-1;+2/p-3. The van der Waals surface area contributed by atoms with E-state index in [1.165, 1.54) is 26.4 Å². The Hall–Kier alpha value is -1.25. The quantitative estimate of drug-likeness (QED) is 0.238. The van der Waals surface area contributed by atoms with Crippen LogP contribution < -0.4 is 0 Å². The molecule has 0 atom stereocenters. The number of ether oxygens (including phenoxy) is 2. The van der Waals surface area contributed by atoms with Gasteiger partial charge in [-0.3, -0.25) is 4.79 Å². The summed E-state index contributed by atoms with van der Waals surface area (Å²) >= 11 is -0.472. The van der Waals surface area contributed by atoms with Gasteiger partial charge in [0.15, 0.2) is 0 Å². The zero-order valence-electron chi connectivity index (χ0n) is 11.4. The number of carbonyl (C=O) groups excluding carboxylic acids is 2. The second kappa shape index (κ2) is 19.7. The van der Waals surface area contributed by atoms with Gasteiger partial charge in [-0.25, -0.2) is 0 Å². The number of nitrogens with two attached hydrogens (primary N) is 2. The van der Waals surface area contributed by atoms with Crippen LogP contribution in [0, 0.1) is 16.2 Å². The Kier molecular flexibility index (Phi) is 25.9. The minimum atomic E-state index is -0.606. The van der Waals surface area contributed by atoms with E-state index in [1.807, 2.05) is 0 Å². The van der Waals surface area contributed by atoms with Crippen molar-refractivity contribution in [3.05, 3.63) is 57.8 Å². The van der Waals surface area contributed by atoms with E-state index in [0.717, 1.165) is 5.34 Å².